The van der Waals surface area contributed by atoms with E-state index in [-0.39, 0.29) is 38.0 Å². The second-order valence-electron chi connectivity index (χ2n) is 16.6. The molecular formula is C63H94O6. The van der Waals surface area contributed by atoms with Crippen LogP contribution in [0.2, 0.25) is 0 Å². The Kier molecular flexibility index (Phi) is 51.2. The van der Waals surface area contributed by atoms with Crippen LogP contribution >= 0.6 is 0 Å². The largest absolute Gasteiger partial charge is 0.462 e. The first kappa shape index (κ1) is 63.8. The molecule has 0 unspecified atom stereocenters. The van der Waals surface area contributed by atoms with E-state index in [1.54, 1.807) is 0 Å². The summed E-state index contributed by atoms with van der Waals surface area (Å²) in [4.78, 5) is 38.0. The van der Waals surface area contributed by atoms with Gasteiger partial charge in [-0.05, 0) is 141 Å². The van der Waals surface area contributed by atoms with Gasteiger partial charge in [0.15, 0.2) is 6.10 Å². The van der Waals surface area contributed by atoms with Gasteiger partial charge in [0.1, 0.15) is 13.2 Å². The molecule has 0 aromatic heterocycles. The van der Waals surface area contributed by atoms with Gasteiger partial charge >= 0.3 is 17.9 Å². The van der Waals surface area contributed by atoms with Gasteiger partial charge in [0.2, 0.25) is 0 Å². The van der Waals surface area contributed by atoms with Crippen LogP contribution in [0.5, 0.6) is 0 Å². The van der Waals surface area contributed by atoms with Gasteiger partial charge in [-0.15, -0.1) is 0 Å². The molecule has 0 fully saturated rings. The predicted octanol–water partition coefficient (Wildman–Crippen LogP) is 18.0. The van der Waals surface area contributed by atoms with E-state index < -0.39 is 12.1 Å². The summed E-state index contributed by atoms with van der Waals surface area (Å²) in [5, 5.41) is 0. The Bertz CT molecular complexity index is 1650. The van der Waals surface area contributed by atoms with Crippen LogP contribution in [0.15, 0.2) is 170 Å². The molecule has 1 atom stereocenters. The number of allylic oxidation sites excluding steroid dienone is 28. The Morgan fingerprint density at radius 3 is 0.855 bits per heavy atom. The third kappa shape index (κ3) is 53.6. The quantitative estimate of drug-likeness (QED) is 0.0262. The molecule has 0 radical (unpaired) electrons. The monoisotopic (exact) mass is 947 g/mol. The molecule has 0 aliphatic heterocycles. The van der Waals surface area contributed by atoms with E-state index in [1.165, 1.54) is 0 Å². The van der Waals surface area contributed by atoms with Crippen molar-refractivity contribution in [2.24, 2.45) is 0 Å². The second-order valence-corrected chi connectivity index (χ2v) is 16.6. The van der Waals surface area contributed by atoms with Crippen LogP contribution in [0, 0.1) is 0 Å². The normalized spacial score (nSPS) is 13.5. The molecule has 0 aromatic rings. The minimum atomic E-state index is -0.848. The van der Waals surface area contributed by atoms with Crippen LogP contribution < -0.4 is 0 Å². The third-order valence-electron chi connectivity index (χ3n) is 10.2. The Morgan fingerprint density at radius 2 is 0.536 bits per heavy atom. The van der Waals surface area contributed by atoms with Crippen LogP contribution in [0.1, 0.15) is 188 Å². The van der Waals surface area contributed by atoms with Crippen LogP contribution in [-0.2, 0) is 28.6 Å². The predicted molar refractivity (Wildman–Crippen MR) is 297 cm³/mol. The number of ether oxygens (including phenoxy) is 3. The molecule has 0 bridgehead atoms. The zero-order valence-corrected chi connectivity index (χ0v) is 43.5. The topological polar surface area (TPSA) is 78.9 Å². The molecule has 0 aliphatic carbocycles. The Balaban J connectivity index is 4.65. The van der Waals surface area contributed by atoms with Gasteiger partial charge in [-0.1, -0.05) is 197 Å². The molecule has 0 rings (SSSR count). The van der Waals surface area contributed by atoms with Crippen LogP contribution in [0.3, 0.4) is 0 Å². The van der Waals surface area contributed by atoms with Gasteiger partial charge in [-0.2, -0.15) is 0 Å². The van der Waals surface area contributed by atoms with Crippen molar-refractivity contribution in [1.29, 1.82) is 0 Å². The van der Waals surface area contributed by atoms with Crippen LogP contribution in [0.4, 0.5) is 0 Å². The van der Waals surface area contributed by atoms with Gasteiger partial charge in [-0.25, -0.2) is 0 Å². The minimum absolute atomic E-state index is 0.140. The molecule has 0 aromatic carbocycles. The van der Waals surface area contributed by atoms with E-state index in [0.717, 1.165) is 135 Å². The Morgan fingerprint density at radius 1 is 0.290 bits per heavy atom. The average Bonchev–Trinajstić information content (AvgIpc) is 3.35. The number of carbonyl (C=O) groups excluding carboxylic acids is 3. The second kappa shape index (κ2) is 55.4. The third-order valence-corrected chi connectivity index (χ3v) is 10.2. The molecule has 0 saturated heterocycles. The van der Waals surface area contributed by atoms with Crippen molar-refractivity contribution in [2.45, 2.75) is 194 Å². The molecule has 69 heavy (non-hydrogen) atoms. The summed E-state index contributed by atoms with van der Waals surface area (Å²) in [7, 11) is 0. The lowest BCUT2D eigenvalue weighted by Crippen LogP contribution is -2.30. The highest BCUT2D eigenvalue weighted by atomic mass is 16.6. The molecule has 0 N–H and O–H groups in total. The highest BCUT2D eigenvalue weighted by molar-refractivity contribution is 5.71. The summed E-state index contributed by atoms with van der Waals surface area (Å²) in [6.07, 6.45) is 82.0. The number of hydrogen-bond acceptors (Lipinski definition) is 6. The molecule has 0 spiro atoms. The van der Waals surface area contributed by atoms with Gasteiger partial charge in [0.05, 0.1) is 0 Å². The summed E-state index contributed by atoms with van der Waals surface area (Å²) < 4.78 is 16.7. The van der Waals surface area contributed by atoms with Gasteiger partial charge < -0.3 is 14.2 Å². The van der Waals surface area contributed by atoms with Crippen molar-refractivity contribution in [3.05, 3.63) is 170 Å². The van der Waals surface area contributed by atoms with Crippen molar-refractivity contribution < 1.29 is 28.6 Å². The maximum Gasteiger partial charge on any atom is 0.306 e. The lowest BCUT2D eigenvalue weighted by atomic mass is 10.1. The molecule has 382 valence electrons. The first-order valence-corrected chi connectivity index (χ1v) is 26.6. The summed E-state index contributed by atoms with van der Waals surface area (Å²) >= 11 is 0. The van der Waals surface area contributed by atoms with E-state index >= 15 is 0 Å². The maximum atomic E-state index is 12.8. The summed E-state index contributed by atoms with van der Waals surface area (Å²) in [5.41, 5.74) is 0. The van der Waals surface area contributed by atoms with E-state index in [2.05, 4.69) is 191 Å². The van der Waals surface area contributed by atoms with E-state index in [0.29, 0.717) is 19.3 Å². The lowest BCUT2D eigenvalue weighted by Gasteiger charge is -2.18. The molecule has 6 nitrogen and oxygen atoms in total. The number of hydrogen-bond donors (Lipinski definition) is 0. The molecule has 0 aliphatic rings. The number of unbranched alkanes of at least 4 members (excludes halogenated alkanes) is 6. The van der Waals surface area contributed by atoms with Crippen molar-refractivity contribution in [1.82, 2.24) is 0 Å². The molecule has 0 heterocycles. The van der Waals surface area contributed by atoms with Crippen molar-refractivity contribution in [2.75, 3.05) is 13.2 Å². The zero-order valence-electron chi connectivity index (χ0n) is 43.5. The zero-order chi connectivity index (χ0) is 50.0. The summed E-state index contributed by atoms with van der Waals surface area (Å²) in [5.74, 6) is -1.09. The number of rotatable bonds is 45. The SMILES string of the molecule is CC/C=C\C/C=C\C/C=C\C/C=C\C/C=C\CCCCCC(=O)OC[C@H](COC(=O)CCCC/C=C\C/C=C\C/C=C\C/C=C\CC)OC(=O)CCC/C=C\C/C=C\C/C=C\C/C=C\C/C=C\CC. The van der Waals surface area contributed by atoms with Crippen molar-refractivity contribution >= 4 is 17.9 Å². The highest BCUT2D eigenvalue weighted by Gasteiger charge is 2.19. The summed E-state index contributed by atoms with van der Waals surface area (Å²) in [6.45, 7) is 6.15. The number of esters is 3. The van der Waals surface area contributed by atoms with E-state index in [4.69, 9.17) is 14.2 Å². The fourth-order valence-electron chi connectivity index (χ4n) is 6.32. The van der Waals surface area contributed by atoms with Crippen LogP contribution in [0.25, 0.3) is 0 Å². The first-order valence-electron chi connectivity index (χ1n) is 26.6. The van der Waals surface area contributed by atoms with E-state index in [9.17, 15) is 14.4 Å². The lowest BCUT2D eigenvalue weighted by molar-refractivity contribution is -0.167. The minimum Gasteiger partial charge on any atom is -0.462 e. The molecule has 6 heteroatoms. The van der Waals surface area contributed by atoms with Crippen molar-refractivity contribution in [3.8, 4) is 0 Å². The average molecular weight is 947 g/mol. The first-order chi connectivity index (χ1) is 34.0. The fraction of sp³-hybridized carbons (Fsp3) is 0.508. The van der Waals surface area contributed by atoms with Gasteiger partial charge in [-0.3, -0.25) is 14.4 Å². The van der Waals surface area contributed by atoms with Crippen LogP contribution in [-0.4, -0.2) is 37.2 Å². The maximum absolute atomic E-state index is 12.8. The standard InChI is InChI=1S/C63H94O6/c1-4-7-10-13-16-19-22-25-28-30-31-33-35-38-41-44-47-50-53-56-62(65)68-59-60(58-67-61(64)55-52-49-46-43-40-37-34-27-24-21-18-15-12-9-6-3)69-63(66)57-54-51-48-45-42-39-36-32-29-26-23-20-17-14-11-8-5-2/h7-12,16-21,25-29,31,33-34,36,38-41,43,45,48,60H,4-6,13-15,22-24,30,32,35,37,42,44,46-47,49-59H2,1-3H3/b10-7-,11-8-,12-9-,19-16-,20-17-,21-18-,28-25-,29-26-,33-31-,34-27-,39-36-,41-38-,43-40-,48-45-/t60-/m0/s1. The van der Waals surface area contributed by atoms with E-state index in [1.807, 2.05) is 0 Å². The number of carbonyl (C=O) groups is 3. The molecule has 0 amide bonds. The highest BCUT2D eigenvalue weighted by Crippen LogP contribution is 2.10. The van der Waals surface area contributed by atoms with Gasteiger partial charge in [0.25, 0.3) is 0 Å². The molecular weight excluding hydrogens is 853 g/mol. The summed E-state index contributed by atoms with van der Waals surface area (Å²) in [6, 6.07) is 0. The fourth-order valence-corrected chi connectivity index (χ4v) is 6.32. The van der Waals surface area contributed by atoms with Crippen molar-refractivity contribution in [3.63, 3.8) is 0 Å². The van der Waals surface area contributed by atoms with Gasteiger partial charge in [0, 0.05) is 19.3 Å². The molecule has 0 saturated carbocycles. The smallest absolute Gasteiger partial charge is 0.306 e. The Hall–Kier alpha value is -5.23. The Labute approximate surface area is 422 Å².